The van der Waals surface area contributed by atoms with Crippen LogP contribution in [0.3, 0.4) is 0 Å². The lowest BCUT2D eigenvalue weighted by Crippen LogP contribution is -2.38. The maximum atomic E-state index is 14.5. The van der Waals surface area contributed by atoms with Gasteiger partial charge in [0.25, 0.3) is 17.7 Å². The second-order valence-electron chi connectivity index (χ2n) is 14.0. The molecule has 0 saturated heterocycles. The third-order valence-corrected chi connectivity index (χ3v) is 11.1. The molecule has 1 aliphatic rings. The molecule has 13 heteroatoms. The number of rotatable bonds is 13. The van der Waals surface area contributed by atoms with Crippen LogP contribution in [0.25, 0.3) is 16.5 Å². The van der Waals surface area contributed by atoms with Crippen LogP contribution < -0.4 is 10.0 Å². The van der Waals surface area contributed by atoms with E-state index in [1.807, 2.05) is 69.3 Å². The van der Waals surface area contributed by atoms with Crippen molar-refractivity contribution in [3.63, 3.8) is 0 Å². The summed E-state index contributed by atoms with van der Waals surface area (Å²) in [5.41, 5.74) is 3.23. The molecule has 11 nitrogen and oxygen atoms in total. The summed E-state index contributed by atoms with van der Waals surface area (Å²) in [6.07, 6.45) is 2.35. The number of nitrogens with one attached hydrogen (secondary N) is 2. The summed E-state index contributed by atoms with van der Waals surface area (Å²) in [4.78, 5) is 58.3. The lowest BCUT2D eigenvalue weighted by Gasteiger charge is -2.29. The van der Waals surface area contributed by atoms with Crippen molar-refractivity contribution in [2.45, 2.75) is 70.9 Å². The third kappa shape index (κ3) is 8.98. The van der Waals surface area contributed by atoms with Gasteiger partial charge in [0.1, 0.15) is 0 Å². The lowest BCUT2D eigenvalue weighted by atomic mass is 9.98. The number of carbonyl (C=O) groups excluding carboxylic acids is 4. The summed E-state index contributed by atoms with van der Waals surface area (Å²) in [6, 6.07) is 25.5. The van der Waals surface area contributed by atoms with Crippen molar-refractivity contribution in [1.29, 1.82) is 0 Å². The van der Waals surface area contributed by atoms with Gasteiger partial charge in [0, 0.05) is 44.2 Å². The SMILES string of the molecule is CCCCN(CCC(=O)NC(C)C)C(=O)c1nn(-c2ccc(C(=O)NS(=O)c3ccc4ccccc4c3)cc2C(=O)N2CCc3ccccc3C2)c(C)c1Cl. The smallest absolute Gasteiger partial charge is 0.275 e. The number of aromatic nitrogens is 2. The van der Waals surface area contributed by atoms with Gasteiger partial charge in [-0.3, -0.25) is 23.9 Å². The van der Waals surface area contributed by atoms with Crippen LogP contribution in [0.1, 0.15) is 88.1 Å². The van der Waals surface area contributed by atoms with E-state index in [0.29, 0.717) is 42.3 Å². The largest absolute Gasteiger partial charge is 0.354 e. The number of nitrogens with zero attached hydrogens (tertiary/aromatic N) is 4. The van der Waals surface area contributed by atoms with Crippen LogP contribution in [0.4, 0.5) is 0 Å². The summed E-state index contributed by atoms with van der Waals surface area (Å²) in [5.74, 6) is -1.55. The van der Waals surface area contributed by atoms with Crippen LogP contribution >= 0.6 is 11.6 Å². The zero-order valence-corrected chi connectivity index (χ0v) is 33.0. The van der Waals surface area contributed by atoms with Crippen LogP contribution in [0.15, 0.2) is 89.8 Å². The third-order valence-electron chi connectivity index (χ3n) is 9.63. The van der Waals surface area contributed by atoms with Crippen molar-refractivity contribution >= 4 is 57.0 Å². The van der Waals surface area contributed by atoms with Crippen molar-refractivity contribution in [3.8, 4) is 5.69 Å². The quantitative estimate of drug-likeness (QED) is 0.135. The summed E-state index contributed by atoms with van der Waals surface area (Å²) in [6.45, 7) is 8.90. The molecular weight excluding hydrogens is 736 g/mol. The standard InChI is InChI=1S/C42H45ClN6O5S/c1-5-6-21-47(23-20-37(50)44-27(2)3)42(53)39-38(43)28(4)49(45-39)36-18-16-32(25-35(36)41(52)48-22-19-30-12-8-10-14-33(30)26-48)40(51)46-55(54)34-17-15-29-11-7-9-13-31(29)24-34/h7-18,24-25,27H,5-6,19-23,26H2,1-4H3,(H,44,50)(H,46,51). The number of amides is 4. The molecule has 0 fully saturated rings. The number of hydrogen-bond acceptors (Lipinski definition) is 6. The molecule has 5 aromatic rings. The Morgan fingerprint density at radius 3 is 2.40 bits per heavy atom. The van der Waals surface area contributed by atoms with Crippen LogP contribution in [-0.4, -0.2) is 73.1 Å². The number of hydrogen-bond donors (Lipinski definition) is 2. The molecule has 1 aliphatic heterocycles. The number of carbonyl (C=O) groups is 4. The van der Waals surface area contributed by atoms with Gasteiger partial charge in [0.15, 0.2) is 16.7 Å². The summed E-state index contributed by atoms with van der Waals surface area (Å²) < 4.78 is 17.4. The topological polar surface area (TPSA) is 134 Å². The molecule has 2 heterocycles. The van der Waals surface area contributed by atoms with Crippen molar-refractivity contribution in [2.24, 2.45) is 0 Å². The fourth-order valence-electron chi connectivity index (χ4n) is 6.66. The predicted octanol–water partition coefficient (Wildman–Crippen LogP) is 6.80. The van der Waals surface area contributed by atoms with Crippen LogP contribution in [-0.2, 0) is 28.7 Å². The van der Waals surface area contributed by atoms with E-state index in [-0.39, 0.29) is 52.7 Å². The van der Waals surface area contributed by atoms with Crippen LogP contribution in [0.5, 0.6) is 0 Å². The van der Waals surface area contributed by atoms with Crippen molar-refractivity contribution in [3.05, 3.63) is 124 Å². The molecule has 0 spiro atoms. The fourth-order valence-corrected chi connectivity index (χ4v) is 7.68. The van der Waals surface area contributed by atoms with Crippen molar-refractivity contribution < 1.29 is 23.4 Å². The molecule has 1 atom stereocenters. The molecule has 55 heavy (non-hydrogen) atoms. The second-order valence-corrected chi connectivity index (χ2v) is 15.6. The van der Waals surface area contributed by atoms with Crippen LogP contribution in [0, 0.1) is 6.92 Å². The number of fused-ring (bicyclic) bond motifs is 2. The summed E-state index contributed by atoms with van der Waals surface area (Å²) >= 11 is 6.84. The van der Waals surface area contributed by atoms with E-state index in [1.165, 1.54) is 22.4 Å². The maximum absolute atomic E-state index is 14.5. The van der Waals surface area contributed by atoms with Gasteiger partial charge < -0.3 is 15.1 Å². The van der Waals surface area contributed by atoms with Gasteiger partial charge in [-0.05, 0) is 85.8 Å². The van der Waals surface area contributed by atoms with Gasteiger partial charge in [-0.2, -0.15) is 5.10 Å². The molecule has 0 aliphatic carbocycles. The Morgan fingerprint density at radius 1 is 0.927 bits per heavy atom. The van der Waals surface area contributed by atoms with E-state index >= 15 is 0 Å². The minimum atomic E-state index is -1.88. The highest BCUT2D eigenvalue weighted by Gasteiger charge is 2.30. The molecule has 0 saturated carbocycles. The number of unbranched alkanes of at least 4 members (excludes halogenated alkanes) is 1. The Balaban J connectivity index is 1.34. The van der Waals surface area contributed by atoms with Crippen molar-refractivity contribution in [1.82, 2.24) is 29.6 Å². The first-order valence-electron chi connectivity index (χ1n) is 18.5. The molecule has 0 radical (unpaired) electrons. The molecule has 0 bridgehead atoms. The Bertz CT molecular complexity index is 2290. The van der Waals surface area contributed by atoms with Gasteiger partial charge in [0.2, 0.25) is 5.91 Å². The average molecular weight is 781 g/mol. The Hall–Kier alpha value is -5.33. The van der Waals surface area contributed by atoms with E-state index in [2.05, 4.69) is 21.2 Å². The first-order chi connectivity index (χ1) is 26.4. The highest BCUT2D eigenvalue weighted by molar-refractivity contribution is 7.83. The normalized spacial score (nSPS) is 13.0. The van der Waals surface area contributed by atoms with E-state index < -0.39 is 22.8 Å². The van der Waals surface area contributed by atoms with Gasteiger partial charge in [0.05, 0.1) is 26.9 Å². The molecule has 1 unspecified atom stereocenters. The van der Waals surface area contributed by atoms with E-state index in [0.717, 1.165) is 29.2 Å². The minimum absolute atomic E-state index is 0.00237. The first kappa shape index (κ1) is 39.4. The Labute approximate surface area is 328 Å². The molecule has 4 amide bonds. The monoisotopic (exact) mass is 780 g/mol. The van der Waals surface area contributed by atoms with Gasteiger partial charge in [-0.1, -0.05) is 79.5 Å². The highest BCUT2D eigenvalue weighted by Crippen LogP contribution is 2.29. The zero-order chi connectivity index (χ0) is 39.2. The maximum Gasteiger partial charge on any atom is 0.275 e. The van der Waals surface area contributed by atoms with E-state index in [9.17, 15) is 23.4 Å². The van der Waals surface area contributed by atoms with Gasteiger partial charge in [-0.15, -0.1) is 0 Å². The number of benzene rings is 4. The Morgan fingerprint density at radius 2 is 1.65 bits per heavy atom. The second kappa shape index (κ2) is 17.4. The Kier molecular flexibility index (Phi) is 12.5. The summed E-state index contributed by atoms with van der Waals surface area (Å²) in [5, 5.41) is 9.52. The first-order valence-corrected chi connectivity index (χ1v) is 20.0. The zero-order valence-electron chi connectivity index (χ0n) is 31.4. The van der Waals surface area contributed by atoms with Crippen LogP contribution in [0.2, 0.25) is 5.02 Å². The molecule has 4 aromatic carbocycles. The molecular formula is C42H45ClN6O5S. The number of halogens is 1. The predicted molar refractivity (Wildman–Crippen MR) is 215 cm³/mol. The van der Waals surface area contributed by atoms with E-state index in [1.54, 1.807) is 34.9 Å². The molecule has 1 aromatic heterocycles. The minimum Gasteiger partial charge on any atom is -0.354 e. The molecule has 2 N–H and O–H groups in total. The molecule has 286 valence electrons. The fraction of sp³-hybridized carbons (Fsp3) is 0.310. The molecule has 6 rings (SSSR count). The lowest BCUT2D eigenvalue weighted by molar-refractivity contribution is -0.121. The summed E-state index contributed by atoms with van der Waals surface area (Å²) in [7, 11) is -1.88. The average Bonchev–Trinajstić information content (AvgIpc) is 3.49. The highest BCUT2D eigenvalue weighted by atomic mass is 35.5. The van der Waals surface area contributed by atoms with Gasteiger partial charge in [-0.25, -0.2) is 8.89 Å². The van der Waals surface area contributed by atoms with Crippen molar-refractivity contribution in [2.75, 3.05) is 19.6 Å². The van der Waals surface area contributed by atoms with E-state index in [4.69, 9.17) is 11.6 Å². The van der Waals surface area contributed by atoms with Gasteiger partial charge >= 0.3 is 0 Å².